The van der Waals surface area contributed by atoms with Crippen LogP contribution in [0.15, 0.2) is 78.4 Å². The van der Waals surface area contributed by atoms with Crippen molar-refractivity contribution in [2.45, 2.75) is 19.9 Å². The number of halogens is 1. The number of anilines is 2. The molecule has 3 aromatic carbocycles. The molecule has 0 saturated carbocycles. The molecule has 1 fully saturated rings. The molecule has 4 rings (SSSR count). The number of ether oxygens (including phenoxy) is 1. The predicted molar refractivity (Wildman–Crippen MR) is 134 cm³/mol. The first-order chi connectivity index (χ1) is 16.9. The van der Waals surface area contributed by atoms with Crippen LogP contribution in [-0.2, 0) is 9.59 Å². The maximum atomic E-state index is 13.5. The summed E-state index contributed by atoms with van der Waals surface area (Å²) in [6.07, 6.45) is 0. The van der Waals surface area contributed by atoms with Crippen LogP contribution in [0.1, 0.15) is 31.0 Å². The van der Waals surface area contributed by atoms with Gasteiger partial charge in [-0.05, 0) is 67.9 Å². The molecular formula is C28H27FN2O4. The molecule has 1 atom stereocenters. The van der Waals surface area contributed by atoms with Gasteiger partial charge >= 0.3 is 0 Å². The maximum absolute atomic E-state index is 13.5. The fourth-order valence-electron chi connectivity index (χ4n) is 4.39. The van der Waals surface area contributed by atoms with Crippen molar-refractivity contribution in [2.75, 3.05) is 30.0 Å². The van der Waals surface area contributed by atoms with Crippen LogP contribution in [-0.4, -0.2) is 37.0 Å². The molecule has 6 nitrogen and oxygen atoms in total. The number of hydrogen-bond donors (Lipinski definition) is 1. The summed E-state index contributed by atoms with van der Waals surface area (Å²) in [6.45, 7) is 5.81. The van der Waals surface area contributed by atoms with Gasteiger partial charge in [-0.15, -0.1) is 0 Å². The summed E-state index contributed by atoms with van der Waals surface area (Å²) in [7, 11) is 1.52. The smallest absolute Gasteiger partial charge is 0.300 e. The second-order valence-corrected chi connectivity index (χ2v) is 8.14. The van der Waals surface area contributed by atoms with E-state index in [1.165, 1.54) is 36.3 Å². The van der Waals surface area contributed by atoms with E-state index in [-0.39, 0.29) is 16.9 Å². The number of methoxy groups -OCH3 is 1. The number of carbonyl (C=O) groups excluding carboxylic acids is 2. The summed E-state index contributed by atoms with van der Waals surface area (Å²) in [4.78, 5) is 30.1. The number of carbonyl (C=O) groups is 2. The molecule has 1 saturated heterocycles. The molecule has 3 aromatic rings. The molecule has 180 valence electrons. The number of amides is 1. The first kappa shape index (κ1) is 24.0. The Bertz CT molecular complexity index is 1260. The van der Waals surface area contributed by atoms with E-state index in [1.54, 1.807) is 24.3 Å². The van der Waals surface area contributed by atoms with Gasteiger partial charge in [-0.3, -0.25) is 14.5 Å². The Labute approximate surface area is 203 Å². The highest BCUT2D eigenvalue weighted by Gasteiger charge is 2.47. The SMILES string of the molecule is CCN(CC)c1ccc(C2/C(=C(\O)c3ccc(F)cc3)C(=O)C(=O)N2c2cccc(OC)c2)cc1. The molecule has 1 N–H and O–H groups in total. The molecule has 0 bridgehead atoms. The summed E-state index contributed by atoms with van der Waals surface area (Å²) in [6, 6.07) is 18.7. The Morgan fingerprint density at radius 2 is 1.66 bits per heavy atom. The molecule has 0 aromatic heterocycles. The zero-order valence-corrected chi connectivity index (χ0v) is 19.9. The Hall–Kier alpha value is -4.13. The Morgan fingerprint density at radius 3 is 2.26 bits per heavy atom. The zero-order valence-electron chi connectivity index (χ0n) is 19.9. The van der Waals surface area contributed by atoms with Gasteiger partial charge in [-0.25, -0.2) is 4.39 Å². The summed E-state index contributed by atoms with van der Waals surface area (Å²) in [5.41, 5.74) is 2.32. The van der Waals surface area contributed by atoms with E-state index in [2.05, 4.69) is 18.7 Å². The van der Waals surface area contributed by atoms with Crippen LogP contribution < -0.4 is 14.5 Å². The topological polar surface area (TPSA) is 70.1 Å². The molecule has 1 unspecified atom stereocenters. The Balaban J connectivity index is 1.90. The molecule has 0 aliphatic carbocycles. The number of Topliss-reactive ketones (excluding diaryl/α,β-unsaturated/α-hetero) is 1. The van der Waals surface area contributed by atoms with Crippen molar-refractivity contribution in [1.82, 2.24) is 0 Å². The van der Waals surface area contributed by atoms with Crippen LogP contribution in [0.3, 0.4) is 0 Å². The van der Waals surface area contributed by atoms with Crippen LogP contribution in [0.25, 0.3) is 5.76 Å². The third-order valence-corrected chi connectivity index (χ3v) is 6.23. The molecule has 7 heteroatoms. The minimum atomic E-state index is -0.877. The van der Waals surface area contributed by atoms with Gasteiger partial charge in [0.25, 0.3) is 11.7 Å². The highest BCUT2D eigenvalue weighted by atomic mass is 19.1. The number of ketones is 1. The average molecular weight is 475 g/mol. The first-order valence-electron chi connectivity index (χ1n) is 11.5. The lowest BCUT2D eigenvalue weighted by molar-refractivity contribution is -0.132. The van der Waals surface area contributed by atoms with Gasteiger partial charge in [-0.2, -0.15) is 0 Å². The molecule has 0 spiro atoms. The van der Waals surface area contributed by atoms with Gasteiger partial charge in [0, 0.05) is 36.1 Å². The third-order valence-electron chi connectivity index (χ3n) is 6.23. The Kier molecular flexibility index (Phi) is 6.87. The molecule has 1 aliphatic rings. The number of hydrogen-bond acceptors (Lipinski definition) is 5. The second kappa shape index (κ2) is 10.0. The maximum Gasteiger partial charge on any atom is 0.300 e. The monoisotopic (exact) mass is 474 g/mol. The molecule has 1 aliphatic heterocycles. The molecule has 35 heavy (non-hydrogen) atoms. The number of nitrogens with zero attached hydrogens (tertiary/aromatic N) is 2. The van der Waals surface area contributed by atoms with E-state index in [0.29, 0.717) is 17.0 Å². The standard InChI is InChI=1S/C28H27FN2O4/c1-4-30(5-2)21-15-11-18(12-16-21)25-24(26(32)19-9-13-20(29)14-10-19)27(33)28(34)31(25)22-7-6-8-23(17-22)35-3/h6-17,25,32H,4-5H2,1-3H3/b26-24+. The van der Waals surface area contributed by atoms with Crippen molar-refractivity contribution in [3.8, 4) is 5.75 Å². The van der Waals surface area contributed by atoms with Crippen molar-refractivity contribution >= 4 is 28.8 Å². The van der Waals surface area contributed by atoms with Crippen LogP contribution >= 0.6 is 0 Å². The normalized spacial score (nSPS) is 17.0. The predicted octanol–water partition coefficient (Wildman–Crippen LogP) is 5.31. The van der Waals surface area contributed by atoms with Crippen LogP contribution in [0.2, 0.25) is 0 Å². The van der Waals surface area contributed by atoms with E-state index in [9.17, 15) is 19.1 Å². The number of rotatable bonds is 7. The van der Waals surface area contributed by atoms with E-state index < -0.39 is 23.5 Å². The van der Waals surface area contributed by atoms with E-state index >= 15 is 0 Å². The van der Waals surface area contributed by atoms with Crippen molar-refractivity contribution in [2.24, 2.45) is 0 Å². The first-order valence-corrected chi connectivity index (χ1v) is 11.5. The number of aliphatic hydroxyl groups excluding tert-OH is 1. The van der Waals surface area contributed by atoms with Gasteiger partial charge in [0.2, 0.25) is 0 Å². The van der Waals surface area contributed by atoms with Gasteiger partial charge in [0.05, 0.1) is 18.7 Å². The quantitative estimate of drug-likeness (QED) is 0.286. The molecule has 1 heterocycles. The summed E-state index contributed by atoms with van der Waals surface area (Å²) in [5, 5.41) is 11.1. The van der Waals surface area contributed by atoms with Crippen molar-refractivity contribution in [1.29, 1.82) is 0 Å². The van der Waals surface area contributed by atoms with Crippen molar-refractivity contribution in [3.63, 3.8) is 0 Å². The van der Waals surface area contributed by atoms with E-state index in [0.717, 1.165) is 18.8 Å². The van der Waals surface area contributed by atoms with Gasteiger partial charge in [0.1, 0.15) is 17.3 Å². The highest BCUT2D eigenvalue weighted by molar-refractivity contribution is 6.51. The Morgan fingerprint density at radius 1 is 1.00 bits per heavy atom. The van der Waals surface area contributed by atoms with Crippen LogP contribution in [0.5, 0.6) is 5.75 Å². The van der Waals surface area contributed by atoms with Gasteiger partial charge < -0.3 is 14.7 Å². The van der Waals surface area contributed by atoms with Crippen molar-refractivity contribution in [3.05, 3.63) is 95.3 Å². The van der Waals surface area contributed by atoms with Gasteiger partial charge in [-0.1, -0.05) is 18.2 Å². The molecule has 1 amide bonds. The van der Waals surface area contributed by atoms with E-state index in [4.69, 9.17) is 4.74 Å². The fraction of sp³-hybridized carbons (Fsp3) is 0.214. The summed E-state index contributed by atoms with van der Waals surface area (Å²) < 4.78 is 18.8. The second-order valence-electron chi connectivity index (χ2n) is 8.14. The lowest BCUT2D eigenvalue weighted by atomic mass is 9.95. The largest absolute Gasteiger partial charge is 0.507 e. The molecule has 0 radical (unpaired) electrons. The third kappa shape index (κ3) is 4.49. The number of aliphatic hydroxyl groups is 1. The van der Waals surface area contributed by atoms with Crippen LogP contribution in [0.4, 0.5) is 15.8 Å². The minimum absolute atomic E-state index is 0.0555. The summed E-state index contributed by atoms with van der Waals surface area (Å²) in [5.74, 6) is -1.88. The molecular weight excluding hydrogens is 447 g/mol. The zero-order chi connectivity index (χ0) is 25.1. The summed E-state index contributed by atoms with van der Waals surface area (Å²) >= 11 is 0. The minimum Gasteiger partial charge on any atom is -0.507 e. The number of benzene rings is 3. The average Bonchev–Trinajstić information content (AvgIpc) is 3.15. The van der Waals surface area contributed by atoms with Gasteiger partial charge in [0.15, 0.2) is 0 Å². The lowest BCUT2D eigenvalue weighted by Crippen LogP contribution is -2.29. The van der Waals surface area contributed by atoms with Crippen LogP contribution in [0, 0.1) is 5.82 Å². The lowest BCUT2D eigenvalue weighted by Gasteiger charge is -2.27. The van der Waals surface area contributed by atoms with E-state index in [1.807, 2.05) is 24.3 Å². The fourth-order valence-corrected chi connectivity index (χ4v) is 4.39. The highest BCUT2D eigenvalue weighted by Crippen LogP contribution is 2.43. The van der Waals surface area contributed by atoms with Crippen molar-refractivity contribution < 1.29 is 23.8 Å².